The predicted octanol–water partition coefficient (Wildman–Crippen LogP) is 4.41. The standard InChI is InChI=1S/C20H19BrN2O2/c1-24-20-11-18-15(9-16(20)21)19(25-14-7-8-22-12-14)10-17(23-18)13-5-3-2-4-6-13/h2-6,9-11,14,22H,7-8,12H2,1H3. The van der Waals surface area contributed by atoms with E-state index in [1.165, 1.54) is 0 Å². The minimum Gasteiger partial charge on any atom is -0.495 e. The predicted molar refractivity (Wildman–Crippen MR) is 103 cm³/mol. The molecule has 0 aliphatic carbocycles. The molecule has 1 N–H and O–H groups in total. The lowest BCUT2D eigenvalue weighted by atomic mass is 10.1. The molecule has 4 nitrogen and oxygen atoms in total. The summed E-state index contributed by atoms with van der Waals surface area (Å²) in [6, 6.07) is 16.2. The number of nitrogens with one attached hydrogen (secondary N) is 1. The molecule has 4 rings (SSSR count). The molecule has 1 atom stereocenters. The van der Waals surface area contributed by atoms with Gasteiger partial charge in [-0.1, -0.05) is 30.3 Å². The number of hydrogen-bond donors (Lipinski definition) is 1. The molecule has 0 bridgehead atoms. The molecule has 128 valence electrons. The van der Waals surface area contributed by atoms with Crippen molar-refractivity contribution in [3.63, 3.8) is 0 Å². The first-order valence-corrected chi connectivity index (χ1v) is 9.15. The van der Waals surface area contributed by atoms with Crippen LogP contribution in [0.15, 0.2) is 53.0 Å². The van der Waals surface area contributed by atoms with Crippen LogP contribution in [0.25, 0.3) is 22.2 Å². The minimum atomic E-state index is 0.190. The number of nitrogens with zero attached hydrogens (tertiary/aromatic N) is 1. The lowest BCUT2D eigenvalue weighted by Gasteiger charge is -2.17. The van der Waals surface area contributed by atoms with Crippen molar-refractivity contribution < 1.29 is 9.47 Å². The van der Waals surface area contributed by atoms with Gasteiger partial charge in [0.25, 0.3) is 0 Å². The number of benzene rings is 2. The van der Waals surface area contributed by atoms with Gasteiger partial charge in [-0.05, 0) is 35.0 Å². The van der Waals surface area contributed by atoms with Crippen molar-refractivity contribution in [3.8, 4) is 22.8 Å². The highest BCUT2D eigenvalue weighted by atomic mass is 79.9. The Hall–Kier alpha value is -2.11. The summed E-state index contributed by atoms with van der Waals surface area (Å²) >= 11 is 3.57. The van der Waals surface area contributed by atoms with Gasteiger partial charge >= 0.3 is 0 Å². The SMILES string of the molecule is COc1cc2nc(-c3ccccc3)cc(OC3CCNC3)c2cc1Br. The van der Waals surface area contributed by atoms with Crippen molar-refractivity contribution in [2.75, 3.05) is 20.2 Å². The monoisotopic (exact) mass is 398 g/mol. The van der Waals surface area contributed by atoms with E-state index in [0.29, 0.717) is 0 Å². The quantitative estimate of drug-likeness (QED) is 0.706. The molecule has 0 spiro atoms. The Morgan fingerprint density at radius 3 is 2.68 bits per heavy atom. The first kappa shape index (κ1) is 16.4. The van der Waals surface area contributed by atoms with E-state index in [-0.39, 0.29) is 6.10 Å². The number of rotatable bonds is 4. The van der Waals surface area contributed by atoms with E-state index < -0.39 is 0 Å². The molecule has 1 aliphatic rings. The average molecular weight is 399 g/mol. The Labute approximate surface area is 155 Å². The first-order chi connectivity index (χ1) is 12.2. The molecule has 5 heteroatoms. The van der Waals surface area contributed by atoms with E-state index in [1.54, 1.807) is 7.11 Å². The third-order valence-electron chi connectivity index (χ3n) is 4.42. The molecule has 1 unspecified atom stereocenters. The number of halogens is 1. The summed E-state index contributed by atoms with van der Waals surface area (Å²) in [7, 11) is 1.66. The van der Waals surface area contributed by atoms with Crippen molar-refractivity contribution in [1.29, 1.82) is 0 Å². The first-order valence-electron chi connectivity index (χ1n) is 8.35. The lowest BCUT2D eigenvalue weighted by Crippen LogP contribution is -2.19. The summed E-state index contributed by atoms with van der Waals surface area (Å²) in [4.78, 5) is 4.83. The lowest BCUT2D eigenvalue weighted by molar-refractivity contribution is 0.226. The zero-order chi connectivity index (χ0) is 17.2. The van der Waals surface area contributed by atoms with Crippen molar-refractivity contribution in [2.45, 2.75) is 12.5 Å². The highest BCUT2D eigenvalue weighted by Crippen LogP contribution is 2.37. The second-order valence-corrected chi connectivity index (χ2v) is 6.96. The van der Waals surface area contributed by atoms with Crippen LogP contribution in [0.2, 0.25) is 0 Å². The van der Waals surface area contributed by atoms with Crippen LogP contribution in [-0.4, -0.2) is 31.3 Å². The Morgan fingerprint density at radius 1 is 1.12 bits per heavy atom. The Kier molecular flexibility index (Phi) is 4.59. The molecule has 3 aromatic rings. The van der Waals surface area contributed by atoms with E-state index in [2.05, 4.69) is 33.4 Å². The minimum absolute atomic E-state index is 0.190. The second-order valence-electron chi connectivity index (χ2n) is 6.11. The molecule has 25 heavy (non-hydrogen) atoms. The Balaban J connectivity index is 1.87. The van der Waals surface area contributed by atoms with Gasteiger partial charge in [-0.25, -0.2) is 4.98 Å². The normalized spacial score (nSPS) is 17.0. The fourth-order valence-electron chi connectivity index (χ4n) is 3.12. The average Bonchev–Trinajstić information content (AvgIpc) is 3.15. The Morgan fingerprint density at radius 2 is 1.96 bits per heavy atom. The molecule has 0 radical (unpaired) electrons. The maximum atomic E-state index is 6.32. The van der Waals surface area contributed by atoms with Crippen molar-refractivity contribution in [1.82, 2.24) is 10.3 Å². The molecule has 2 heterocycles. The molecular weight excluding hydrogens is 380 g/mol. The maximum Gasteiger partial charge on any atom is 0.135 e. The number of aromatic nitrogens is 1. The van der Waals surface area contributed by atoms with E-state index in [0.717, 1.165) is 57.6 Å². The second kappa shape index (κ2) is 7.02. The smallest absolute Gasteiger partial charge is 0.135 e. The summed E-state index contributed by atoms with van der Waals surface area (Å²) in [5.41, 5.74) is 2.83. The van der Waals surface area contributed by atoms with Gasteiger partial charge in [0.05, 0.1) is 22.8 Å². The van der Waals surface area contributed by atoms with Gasteiger partial charge in [-0.2, -0.15) is 0 Å². The highest BCUT2D eigenvalue weighted by Gasteiger charge is 2.19. The number of methoxy groups -OCH3 is 1. The summed E-state index contributed by atoms with van der Waals surface area (Å²) in [5.74, 6) is 1.62. The van der Waals surface area contributed by atoms with Crippen LogP contribution < -0.4 is 14.8 Å². The number of ether oxygens (including phenoxy) is 2. The van der Waals surface area contributed by atoms with Gasteiger partial charge in [0.15, 0.2) is 0 Å². The largest absolute Gasteiger partial charge is 0.495 e. The zero-order valence-electron chi connectivity index (χ0n) is 14.0. The van der Waals surface area contributed by atoms with Crippen molar-refractivity contribution in [2.24, 2.45) is 0 Å². The molecule has 1 aromatic heterocycles. The summed E-state index contributed by atoms with van der Waals surface area (Å²) in [6.07, 6.45) is 1.21. The highest BCUT2D eigenvalue weighted by molar-refractivity contribution is 9.10. The van der Waals surface area contributed by atoms with Crippen LogP contribution in [0.3, 0.4) is 0 Å². The van der Waals surface area contributed by atoms with Gasteiger partial charge in [0.2, 0.25) is 0 Å². The van der Waals surface area contributed by atoms with Crippen LogP contribution in [0, 0.1) is 0 Å². The van der Waals surface area contributed by atoms with E-state index in [1.807, 2.05) is 36.4 Å². The summed E-state index contributed by atoms with van der Waals surface area (Å²) in [5, 5.41) is 4.33. The van der Waals surface area contributed by atoms with E-state index >= 15 is 0 Å². The molecule has 2 aromatic carbocycles. The Bertz CT molecular complexity index is 893. The fourth-order valence-corrected chi connectivity index (χ4v) is 3.62. The number of fused-ring (bicyclic) bond motifs is 1. The van der Waals surface area contributed by atoms with Crippen LogP contribution in [0.4, 0.5) is 0 Å². The van der Waals surface area contributed by atoms with Crippen LogP contribution in [-0.2, 0) is 0 Å². The fraction of sp³-hybridized carbons (Fsp3) is 0.250. The van der Waals surface area contributed by atoms with Gasteiger partial charge in [0.1, 0.15) is 17.6 Å². The van der Waals surface area contributed by atoms with E-state index in [9.17, 15) is 0 Å². The molecular formula is C20H19BrN2O2. The van der Waals surface area contributed by atoms with Gasteiger partial charge in [-0.15, -0.1) is 0 Å². The van der Waals surface area contributed by atoms with E-state index in [4.69, 9.17) is 14.5 Å². The van der Waals surface area contributed by atoms with Crippen LogP contribution >= 0.6 is 15.9 Å². The molecule has 1 aliphatic heterocycles. The van der Waals surface area contributed by atoms with Crippen molar-refractivity contribution in [3.05, 3.63) is 53.0 Å². The third kappa shape index (κ3) is 3.34. The van der Waals surface area contributed by atoms with Gasteiger partial charge < -0.3 is 14.8 Å². The number of pyridine rings is 1. The summed E-state index contributed by atoms with van der Waals surface area (Å²) in [6.45, 7) is 1.87. The summed E-state index contributed by atoms with van der Waals surface area (Å²) < 4.78 is 12.6. The zero-order valence-corrected chi connectivity index (χ0v) is 15.5. The number of hydrogen-bond acceptors (Lipinski definition) is 4. The van der Waals surface area contributed by atoms with Gasteiger partial charge in [0, 0.05) is 29.6 Å². The molecule has 0 amide bonds. The van der Waals surface area contributed by atoms with Crippen LogP contribution in [0.5, 0.6) is 11.5 Å². The molecule has 0 saturated carbocycles. The van der Waals surface area contributed by atoms with Crippen molar-refractivity contribution >= 4 is 26.8 Å². The molecule has 1 fully saturated rings. The molecule has 1 saturated heterocycles. The van der Waals surface area contributed by atoms with Crippen LogP contribution in [0.1, 0.15) is 6.42 Å². The topological polar surface area (TPSA) is 43.4 Å². The van der Waals surface area contributed by atoms with Gasteiger partial charge in [-0.3, -0.25) is 0 Å². The third-order valence-corrected chi connectivity index (χ3v) is 5.04. The maximum absolute atomic E-state index is 6.32.